The van der Waals surface area contributed by atoms with Crippen LogP contribution in [0.25, 0.3) is 11.8 Å². The molecule has 124 valence electrons. The molecule has 1 atom stereocenters. The van der Waals surface area contributed by atoms with Crippen LogP contribution in [0.15, 0.2) is 53.5 Å². The van der Waals surface area contributed by atoms with Gasteiger partial charge < -0.3 is 5.32 Å². The second kappa shape index (κ2) is 5.63. The maximum atomic E-state index is 4.61. The van der Waals surface area contributed by atoms with E-state index < -0.39 is 0 Å². The van der Waals surface area contributed by atoms with Crippen LogP contribution in [0, 0.1) is 5.92 Å². The molecule has 1 unspecified atom stereocenters. The zero-order valence-corrected chi connectivity index (χ0v) is 14.3. The highest BCUT2D eigenvalue weighted by atomic mass is 32.1. The van der Waals surface area contributed by atoms with E-state index in [2.05, 4.69) is 43.5 Å². The fourth-order valence-electron chi connectivity index (χ4n) is 3.09. The predicted molar refractivity (Wildman–Crippen MR) is 102 cm³/mol. The number of nitrogens with zero attached hydrogens (tertiary/aromatic N) is 5. The Morgan fingerprint density at radius 2 is 2.24 bits per heavy atom. The van der Waals surface area contributed by atoms with Crippen molar-refractivity contribution >= 4 is 39.9 Å². The summed E-state index contributed by atoms with van der Waals surface area (Å²) in [5, 5.41) is 8.68. The van der Waals surface area contributed by atoms with Gasteiger partial charge in [-0.2, -0.15) is 9.47 Å². The second-order valence-electron chi connectivity index (χ2n) is 6.30. The summed E-state index contributed by atoms with van der Waals surface area (Å²) in [7, 11) is 0. The van der Waals surface area contributed by atoms with Crippen molar-refractivity contribution in [1.82, 2.24) is 14.2 Å². The summed E-state index contributed by atoms with van der Waals surface area (Å²) < 4.78 is 6.24. The van der Waals surface area contributed by atoms with Crippen molar-refractivity contribution in [1.29, 1.82) is 0 Å². The fraction of sp³-hybridized carbons (Fsp3) is 0.222. The van der Waals surface area contributed by atoms with E-state index in [0.29, 0.717) is 5.92 Å². The molecule has 2 aromatic heterocycles. The first-order valence-electron chi connectivity index (χ1n) is 8.25. The van der Waals surface area contributed by atoms with Gasteiger partial charge in [0.15, 0.2) is 5.84 Å². The third kappa shape index (κ3) is 2.56. The Balaban J connectivity index is 1.36. The first kappa shape index (κ1) is 14.5. The Kier molecular flexibility index (Phi) is 3.27. The van der Waals surface area contributed by atoms with Crippen LogP contribution in [0.3, 0.4) is 0 Å². The lowest BCUT2D eigenvalue weighted by atomic mass is 9.91. The molecule has 0 saturated heterocycles. The standard InChI is InChI=1S/C18H16N6S/c1-2-24-10-12(8-21-24)14-9-20-17-13(14)5-6-19-18(17)22-16-7-15(23-25-16)11-3-4-11/h2,5-11,13H,1,3-4H2,(H,19,22). The molecule has 3 aliphatic rings. The van der Waals surface area contributed by atoms with Crippen LogP contribution >= 0.6 is 11.5 Å². The lowest BCUT2D eigenvalue weighted by molar-refractivity contribution is 0.937. The van der Waals surface area contributed by atoms with Crippen LogP contribution in [0.5, 0.6) is 0 Å². The van der Waals surface area contributed by atoms with Crippen LogP contribution in [0.1, 0.15) is 30.0 Å². The maximum absolute atomic E-state index is 4.61. The number of amidine groups is 1. The van der Waals surface area contributed by atoms with Crippen molar-refractivity contribution in [3.05, 3.63) is 54.8 Å². The van der Waals surface area contributed by atoms with Gasteiger partial charge in [0.25, 0.3) is 0 Å². The van der Waals surface area contributed by atoms with Gasteiger partial charge in [0.1, 0.15) is 5.00 Å². The van der Waals surface area contributed by atoms with Gasteiger partial charge in [-0.15, -0.1) is 0 Å². The second-order valence-corrected chi connectivity index (χ2v) is 7.11. The first-order valence-corrected chi connectivity index (χ1v) is 9.02. The summed E-state index contributed by atoms with van der Waals surface area (Å²) in [6.45, 7) is 3.73. The molecule has 1 fully saturated rings. The summed E-state index contributed by atoms with van der Waals surface area (Å²) in [6, 6.07) is 2.14. The van der Waals surface area contributed by atoms with E-state index >= 15 is 0 Å². The topological polar surface area (TPSA) is 67.5 Å². The Morgan fingerprint density at radius 3 is 3.04 bits per heavy atom. The number of rotatable bonds is 4. The molecule has 25 heavy (non-hydrogen) atoms. The largest absolute Gasteiger partial charge is 0.329 e. The molecular formula is C18H16N6S. The SMILES string of the molecule is C=Cn1cc(C2=CN=C3C(Nc4cc(C5CC5)ns4)=NC=CC23)cn1. The molecule has 5 rings (SSSR count). The van der Waals surface area contributed by atoms with Gasteiger partial charge in [-0.05, 0) is 36.0 Å². The van der Waals surface area contributed by atoms with E-state index in [1.54, 1.807) is 10.9 Å². The average molecular weight is 348 g/mol. The highest BCUT2D eigenvalue weighted by Crippen LogP contribution is 2.41. The third-order valence-corrected chi connectivity index (χ3v) is 5.30. The normalized spacial score (nSPS) is 21.4. The summed E-state index contributed by atoms with van der Waals surface area (Å²) in [5.41, 5.74) is 4.30. The molecule has 0 amide bonds. The summed E-state index contributed by atoms with van der Waals surface area (Å²) in [6.07, 6.45) is 13.8. The van der Waals surface area contributed by atoms with E-state index in [1.165, 1.54) is 30.1 Å². The Bertz CT molecular complexity index is 969. The molecule has 2 aromatic rings. The minimum atomic E-state index is 0.0956. The average Bonchev–Trinajstić information content (AvgIpc) is 3.04. The minimum Gasteiger partial charge on any atom is -0.329 e. The number of allylic oxidation sites excluding steroid dienone is 2. The van der Waals surface area contributed by atoms with Gasteiger partial charge in [-0.25, -0.2) is 9.67 Å². The smallest absolute Gasteiger partial charge is 0.153 e. The Hall–Kier alpha value is -2.80. The van der Waals surface area contributed by atoms with E-state index in [-0.39, 0.29) is 5.92 Å². The van der Waals surface area contributed by atoms with Gasteiger partial charge >= 0.3 is 0 Å². The van der Waals surface area contributed by atoms with Crippen molar-refractivity contribution in [3.8, 4) is 0 Å². The van der Waals surface area contributed by atoms with E-state index in [1.807, 2.05) is 24.8 Å². The lowest BCUT2D eigenvalue weighted by Crippen LogP contribution is -2.29. The molecule has 0 bridgehead atoms. The number of aliphatic imine (C=N–C) groups is 2. The Labute approximate surface area is 149 Å². The minimum absolute atomic E-state index is 0.0956. The van der Waals surface area contributed by atoms with Gasteiger partial charge in [0.05, 0.1) is 23.5 Å². The zero-order chi connectivity index (χ0) is 16.8. The first-order chi connectivity index (χ1) is 12.3. The number of aromatic nitrogens is 3. The third-order valence-electron chi connectivity index (χ3n) is 4.58. The molecule has 0 aromatic carbocycles. The number of anilines is 1. The molecule has 0 spiro atoms. The zero-order valence-electron chi connectivity index (χ0n) is 13.5. The highest BCUT2D eigenvalue weighted by molar-refractivity contribution is 7.10. The summed E-state index contributed by atoms with van der Waals surface area (Å²) in [4.78, 5) is 9.10. The molecule has 2 aliphatic heterocycles. The predicted octanol–water partition coefficient (Wildman–Crippen LogP) is 3.77. The monoisotopic (exact) mass is 348 g/mol. The highest BCUT2D eigenvalue weighted by Gasteiger charge is 2.31. The number of nitrogens with one attached hydrogen (secondary N) is 1. The number of hydrogen-bond acceptors (Lipinski definition) is 6. The van der Waals surface area contributed by atoms with E-state index in [0.717, 1.165) is 27.7 Å². The molecule has 1 N–H and O–H groups in total. The quantitative estimate of drug-likeness (QED) is 0.914. The van der Waals surface area contributed by atoms with Crippen molar-refractivity contribution in [2.75, 3.05) is 5.32 Å². The van der Waals surface area contributed by atoms with Crippen LogP contribution in [0.2, 0.25) is 0 Å². The summed E-state index contributed by atoms with van der Waals surface area (Å²) >= 11 is 1.49. The van der Waals surface area contributed by atoms with Crippen LogP contribution in [-0.4, -0.2) is 25.7 Å². The number of fused-ring (bicyclic) bond motifs is 1. The lowest BCUT2D eigenvalue weighted by Gasteiger charge is -2.18. The van der Waals surface area contributed by atoms with Gasteiger partial charge in [0, 0.05) is 36.3 Å². The van der Waals surface area contributed by atoms with Crippen LogP contribution < -0.4 is 5.32 Å². The molecule has 4 heterocycles. The fourth-order valence-corrected chi connectivity index (χ4v) is 3.81. The molecule has 6 nitrogen and oxygen atoms in total. The maximum Gasteiger partial charge on any atom is 0.153 e. The van der Waals surface area contributed by atoms with Crippen molar-refractivity contribution in [3.63, 3.8) is 0 Å². The van der Waals surface area contributed by atoms with Crippen molar-refractivity contribution in [2.45, 2.75) is 18.8 Å². The van der Waals surface area contributed by atoms with Gasteiger partial charge in [-0.1, -0.05) is 12.7 Å². The van der Waals surface area contributed by atoms with E-state index in [9.17, 15) is 0 Å². The summed E-state index contributed by atoms with van der Waals surface area (Å²) in [5.74, 6) is 1.55. The molecule has 7 heteroatoms. The Morgan fingerprint density at radius 1 is 1.32 bits per heavy atom. The molecule has 1 aliphatic carbocycles. The van der Waals surface area contributed by atoms with Crippen molar-refractivity contribution < 1.29 is 0 Å². The number of hydrogen-bond donors (Lipinski definition) is 1. The van der Waals surface area contributed by atoms with E-state index in [4.69, 9.17) is 0 Å². The van der Waals surface area contributed by atoms with Crippen molar-refractivity contribution in [2.24, 2.45) is 15.9 Å². The van der Waals surface area contributed by atoms with Crippen LogP contribution in [-0.2, 0) is 0 Å². The van der Waals surface area contributed by atoms with Gasteiger partial charge in [0.2, 0.25) is 0 Å². The molecule has 0 radical (unpaired) electrons. The molecule has 1 saturated carbocycles. The van der Waals surface area contributed by atoms with Crippen LogP contribution in [0.4, 0.5) is 5.00 Å². The molecular weight excluding hydrogens is 332 g/mol. The van der Waals surface area contributed by atoms with Gasteiger partial charge in [-0.3, -0.25) is 4.99 Å².